The molecule has 2 aromatic rings. The highest BCUT2D eigenvalue weighted by atomic mass is 16.5. The Kier molecular flexibility index (Phi) is 4.08. The summed E-state index contributed by atoms with van der Waals surface area (Å²) in [5.74, 6) is 0.0856. The zero-order valence-electron chi connectivity index (χ0n) is 13.8. The van der Waals surface area contributed by atoms with Gasteiger partial charge >= 0.3 is 0 Å². The topological polar surface area (TPSA) is 50.6 Å². The molecular weight excluding hydrogens is 304 g/mol. The minimum Gasteiger partial charge on any atom is -0.365 e. The summed E-state index contributed by atoms with van der Waals surface area (Å²) in [6, 6.07) is 10.3. The molecule has 1 amide bonds. The molecule has 4 rings (SSSR count). The molecule has 3 heterocycles. The Labute approximate surface area is 141 Å². The molecule has 24 heavy (non-hydrogen) atoms. The Morgan fingerprint density at radius 2 is 2.04 bits per heavy atom. The number of nitrogens with zero attached hydrogens (tertiary/aromatic N) is 4. The average molecular weight is 326 g/mol. The van der Waals surface area contributed by atoms with Crippen molar-refractivity contribution in [2.45, 2.75) is 25.2 Å². The van der Waals surface area contributed by atoms with Crippen LogP contribution in [-0.2, 0) is 29.7 Å². The number of aryl methyl sites for hydroxylation is 1. The minimum atomic E-state index is 0.0856. The zero-order valence-corrected chi connectivity index (χ0v) is 13.8. The SMILES string of the molecule is Cn1cncc1CN1C[C@@H]2[C@@H](C1)OCC(=O)N2Cc1ccccc1. The molecule has 2 aliphatic heterocycles. The van der Waals surface area contributed by atoms with Crippen LogP contribution in [-0.4, -0.2) is 57.1 Å². The van der Waals surface area contributed by atoms with Crippen LogP contribution in [0, 0.1) is 0 Å². The van der Waals surface area contributed by atoms with Crippen molar-refractivity contribution < 1.29 is 9.53 Å². The monoisotopic (exact) mass is 326 g/mol. The van der Waals surface area contributed by atoms with Crippen molar-refractivity contribution in [3.05, 3.63) is 54.1 Å². The fraction of sp³-hybridized carbons (Fsp3) is 0.444. The molecule has 0 unspecified atom stereocenters. The number of morpholine rings is 1. The van der Waals surface area contributed by atoms with Gasteiger partial charge < -0.3 is 14.2 Å². The van der Waals surface area contributed by atoms with E-state index in [2.05, 4.69) is 22.0 Å². The molecule has 2 fully saturated rings. The highest BCUT2D eigenvalue weighted by Gasteiger charge is 2.43. The van der Waals surface area contributed by atoms with Gasteiger partial charge in [-0.3, -0.25) is 9.69 Å². The molecule has 0 aliphatic carbocycles. The first-order chi connectivity index (χ1) is 11.7. The predicted octanol–water partition coefficient (Wildman–Crippen LogP) is 1.03. The van der Waals surface area contributed by atoms with Crippen LogP contribution >= 0.6 is 0 Å². The van der Waals surface area contributed by atoms with E-state index in [1.807, 2.05) is 47.2 Å². The molecule has 0 N–H and O–H groups in total. The molecule has 2 saturated heterocycles. The molecule has 6 nitrogen and oxygen atoms in total. The molecule has 0 radical (unpaired) electrons. The number of benzene rings is 1. The van der Waals surface area contributed by atoms with E-state index in [0.717, 1.165) is 25.2 Å². The van der Waals surface area contributed by atoms with E-state index in [9.17, 15) is 4.79 Å². The molecule has 1 aromatic heterocycles. The van der Waals surface area contributed by atoms with Crippen LogP contribution in [0.2, 0.25) is 0 Å². The fourth-order valence-corrected chi connectivity index (χ4v) is 3.62. The van der Waals surface area contributed by atoms with Gasteiger partial charge in [-0.2, -0.15) is 0 Å². The van der Waals surface area contributed by atoms with Gasteiger partial charge in [0.1, 0.15) is 6.61 Å². The number of fused-ring (bicyclic) bond motifs is 1. The summed E-state index contributed by atoms with van der Waals surface area (Å²) in [4.78, 5) is 20.9. The number of aromatic nitrogens is 2. The lowest BCUT2D eigenvalue weighted by Crippen LogP contribution is -2.53. The fourth-order valence-electron chi connectivity index (χ4n) is 3.62. The Bertz CT molecular complexity index is 715. The number of likely N-dealkylation sites (tertiary alicyclic amines) is 1. The maximum atomic E-state index is 12.4. The van der Waals surface area contributed by atoms with Crippen molar-refractivity contribution in [1.29, 1.82) is 0 Å². The second kappa shape index (κ2) is 6.37. The quantitative estimate of drug-likeness (QED) is 0.842. The van der Waals surface area contributed by atoms with Crippen molar-refractivity contribution in [3.8, 4) is 0 Å². The van der Waals surface area contributed by atoms with E-state index < -0.39 is 0 Å². The first kappa shape index (κ1) is 15.4. The van der Waals surface area contributed by atoms with Crippen LogP contribution < -0.4 is 0 Å². The van der Waals surface area contributed by atoms with Crippen LogP contribution in [0.15, 0.2) is 42.9 Å². The number of imidazole rings is 1. The lowest BCUT2D eigenvalue weighted by atomic mass is 10.1. The van der Waals surface area contributed by atoms with E-state index in [1.54, 1.807) is 0 Å². The Morgan fingerprint density at radius 3 is 2.79 bits per heavy atom. The van der Waals surface area contributed by atoms with Gasteiger partial charge in [0.15, 0.2) is 0 Å². The normalized spacial score (nSPS) is 24.4. The highest BCUT2D eigenvalue weighted by Crippen LogP contribution is 2.26. The molecule has 0 saturated carbocycles. The van der Waals surface area contributed by atoms with E-state index in [4.69, 9.17) is 4.74 Å². The van der Waals surface area contributed by atoms with Crippen molar-refractivity contribution in [1.82, 2.24) is 19.4 Å². The summed E-state index contributed by atoms with van der Waals surface area (Å²) in [5, 5.41) is 0. The second-order valence-corrected chi connectivity index (χ2v) is 6.61. The third kappa shape index (κ3) is 2.95. The average Bonchev–Trinajstić information content (AvgIpc) is 3.18. The van der Waals surface area contributed by atoms with Gasteiger partial charge in [0.2, 0.25) is 5.91 Å². The van der Waals surface area contributed by atoms with E-state index in [-0.39, 0.29) is 24.7 Å². The van der Waals surface area contributed by atoms with Gasteiger partial charge in [0.25, 0.3) is 0 Å². The number of carbonyl (C=O) groups is 1. The van der Waals surface area contributed by atoms with Crippen LogP contribution in [0.3, 0.4) is 0 Å². The van der Waals surface area contributed by atoms with E-state index in [1.165, 1.54) is 5.69 Å². The molecule has 126 valence electrons. The van der Waals surface area contributed by atoms with Gasteiger partial charge in [0, 0.05) is 39.4 Å². The Hall–Kier alpha value is -2.18. The highest BCUT2D eigenvalue weighted by molar-refractivity contribution is 5.78. The molecule has 0 spiro atoms. The first-order valence-corrected chi connectivity index (χ1v) is 8.33. The van der Waals surface area contributed by atoms with Crippen LogP contribution in [0.25, 0.3) is 0 Å². The predicted molar refractivity (Wildman–Crippen MR) is 89.0 cm³/mol. The summed E-state index contributed by atoms with van der Waals surface area (Å²) in [7, 11) is 2.01. The van der Waals surface area contributed by atoms with E-state index >= 15 is 0 Å². The number of ether oxygens (including phenoxy) is 1. The minimum absolute atomic E-state index is 0.0856. The number of carbonyl (C=O) groups excluding carboxylic acids is 1. The first-order valence-electron chi connectivity index (χ1n) is 8.33. The van der Waals surface area contributed by atoms with Gasteiger partial charge in [-0.15, -0.1) is 0 Å². The van der Waals surface area contributed by atoms with Crippen molar-refractivity contribution in [2.75, 3.05) is 19.7 Å². The number of hydrogen-bond donors (Lipinski definition) is 0. The number of hydrogen-bond acceptors (Lipinski definition) is 4. The van der Waals surface area contributed by atoms with Gasteiger partial charge in [-0.1, -0.05) is 30.3 Å². The van der Waals surface area contributed by atoms with Crippen molar-refractivity contribution in [2.24, 2.45) is 7.05 Å². The summed E-state index contributed by atoms with van der Waals surface area (Å²) < 4.78 is 7.84. The summed E-state index contributed by atoms with van der Waals surface area (Å²) in [5.41, 5.74) is 2.34. The van der Waals surface area contributed by atoms with Crippen molar-refractivity contribution in [3.63, 3.8) is 0 Å². The van der Waals surface area contributed by atoms with Gasteiger partial charge in [0.05, 0.1) is 24.2 Å². The smallest absolute Gasteiger partial charge is 0.249 e. The zero-order chi connectivity index (χ0) is 16.5. The van der Waals surface area contributed by atoms with Crippen LogP contribution in [0.5, 0.6) is 0 Å². The summed E-state index contributed by atoms with van der Waals surface area (Å²) in [6.45, 7) is 3.38. The van der Waals surface area contributed by atoms with Crippen molar-refractivity contribution >= 4 is 5.91 Å². The summed E-state index contributed by atoms with van der Waals surface area (Å²) in [6.07, 6.45) is 3.82. The van der Waals surface area contributed by atoms with E-state index in [0.29, 0.717) is 6.54 Å². The standard InChI is InChI=1S/C18H22N4O2/c1-20-13-19-7-15(20)9-21-10-16-17(11-21)24-12-18(23)22(16)8-14-5-3-2-4-6-14/h2-7,13,16-17H,8-12H2,1H3/t16-,17-/m1/s1. The molecule has 2 aliphatic rings. The second-order valence-electron chi connectivity index (χ2n) is 6.61. The largest absolute Gasteiger partial charge is 0.365 e. The third-order valence-electron chi connectivity index (χ3n) is 4.95. The molecule has 2 atom stereocenters. The van der Waals surface area contributed by atoms with Crippen LogP contribution in [0.4, 0.5) is 0 Å². The third-order valence-corrected chi connectivity index (χ3v) is 4.95. The molecule has 0 bridgehead atoms. The summed E-state index contributed by atoms with van der Waals surface area (Å²) >= 11 is 0. The molecule has 1 aromatic carbocycles. The lowest BCUT2D eigenvalue weighted by molar-refractivity contribution is -0.153. The van der Waals surface area contributed by atoms with Gasteiger partial charge in [-0.25, -0.2) is 4.98 Å². The molecular formula is C18H22N4O2. The Balaban J connectivity index is 1.48. The van der Waals surface area contributed by atoms with Gasteiger partial charge in [-0.05, 0) is 5.56 Å². The number of rotatable bonds is 4. The van der Waals surface area contributed by atoms with Crippen LogP contribution in [0.1, 0.15) is 11.3 Å². The number of amides is 1. The lowest BCUT2D eigenvalue weighted by Gasteiger charge is -2.36. The maximum absolute atomic E-state index is 12.4. The molecule has 6 heteroatoms. The maximum Gasteiger partial charge on any atom is 0.249 e. The Morgan fingerprint density at radius 1 is 1.21 bits per heavy atom.